The van der Waals surface area contributed by atoms with Crippen LogP contribution in [-0.2, 0) is 0 Å². The summed E-state index contributed by atoms with van der Waals surface area (Å²) in [5.74, 6) is 0. The Balaban J connectivity index is 1.54. The van der Waals surface area contributed by atoms with Gasteiger partial charge in [-0.25, -0.2) is 0 Å². The third-order valence-corrected chi connectivity index (χ3v) is 5.52. The van der Waals surface area contributed by atoms with Crippen LogP contribution in [0.1, 0.15) is 45.4 Å². The summed E-state index contributed by atoms with van der Waals surface area (Å²) in [4.78, 5) is 2.75. The molecule has 2 N–H and O–H groups in total. The number of nitrogens with one attached hydrogen (secondary N) is 2. The standard InChI is InChI=1S/C18H26ClN3S/c1-2-10-22-16-4-3-5-17(22)12-15(11-16)21-18(23)20-14-8-6-13(19)7-9-14/h6-9,15-17H,2-5,10-12H2,1H3,(H2,20,21,23). The summed E-state index contributed by atoms with van der Waals surface area (Å²) in [6.07, 6.45) is 7.73. The first kappa shape index (κ1) is 17.0. The minimum absolute atomic E-state index is 0.491. The predicted octanol–water partition coefficient (Wildman–Crippen LogP) is 4.42. The van der Waals surface area contributed by atoms with E-state index >= 15 is 0 Å². The summed E-state index contributed by atoms with van der Waals surface area (Å²) in [5.41, 5.74) is 0.982. The molecule has 3 nitrogen and oxygen atoms in total. The maximum Gasteiger partial charge on any atom is 0.170 e. The summed E-state index contributed by atoms with van der Waals surface area (Å²) in [7, 11) is 0. The first-order chi connectivity index (χ1) is 11.2. The summed E-state index contributed by atoms with van der Waals surface area (Å²) >= 11 is 11.4. The van der Waals surface area contributed by atoms with Crippen LogP contribution < -0.4 is 10.6 Å². The summed E-state index contributed by atoms with van der Waals surface area (Å²) in [6, 6.07) is 9.62. The highest BCUT2D eigenvalue weighted by atomic mass is 35.5. The number of benzene rings is 1. The molecule has 0 amide bonds. The molecule has 1 aromatic carbocycles. The van der Waals surface area contributed by atoms with Gasteiger partial charge in [-0.3, -0.25) is 4.90 Å². The van der Waals surface area contributed by atoms with Crippen molar-refractivity contribution in [3.63, 3.8) is 0 Å². The van der Waals surface area contributed by atoms with Crippen molar-refractivity contribution >= 4 is 34.6 Å². The molecule has 2 aliphatic heterocycles. The highest BCUT2D eigenvalue weighted by Crippen LogP contribution is 2.34. The first-order valence-electron chi connectivity index (χ1n) is 8.74. The van der Waals surface area contributed by atoms with Gasteiger partial charge in [0.15, 0.2) is 5.11 Å². The number of thiocarbonyl (C=S) groups is 1. The molecule has 23 heavy (non-hydrogen) atoms. The molecule has 1 aromatic rings. The zero-order chi connectivity index (χ0) is 16.2. The Bertz CT molecular complexity index is 520. The van der Waals surface area contributed by atoms with Crippen LogP contribution in [0.25, 0.3) is 0 Å². The summed E-state index contributed by atoms with van der Waals surface area (Å²) in [5, 5.41) is 8.26. The fourth-order valence-electron chi connectivity index (χ4n) is 4.11. The van der Waals surface area contributed by atoms with E-state index in [0.717, 1.165) is 27.9 Å². The van der Waals surface area contributed by atoms with Crippen LogP contribution in [-0.4, -0.2) is 34.7 Å². The smallest absolute Gasteiger partial charge is 0.170 e. The lowest BCUT2D eigenvalue weighted by atomic mass is 9.81. The molecule has 0 aliphatic carbocycles. The highest BCUT2D eigenvalue weighted by Gasteiger charge is 2.37. The van der Waals surface area contributed by atoms with Crippen molar-refractivity contribution in [3.05, 3.63) is 29.3 Å². The molecular formula is C18H26ClN3S. The van der Waals surface area contributed by atoms with Crippen LogP contribution >= 0.6 is 23.8 Å². The molecular weight excluding hydrogens is 326 g/mol. The fraction of sp³-hybridized carbons (Fsp3) is 0.611. The maximum absolute atomic E-state index is 5.92. The Hall–Kier alpha value is -0.840. The summed E-state index contributed by atoms with van der Waals surface area (Å²) < 4.78 is 0. The maximum atomic E-state index is 5.92. The van der Waals surface area contributed by atoms with E-state index in [1.54, 1.807) is 0 Å². The molecule has 2 heterocycles. The van der Waals surface area contributed by atoms with Gasteiger partial charge in [0.1, 0.15) is 0 Å². The van der Waals surface area contributed by atoms with Gasteiger partial charge in [0, 0.05) is 28.8 Å². The SMILES string of the molecule is CCCN1C2CCCC1CC(NC(=S)Nc1ccc(Cl)cc1)C2. The average Bonchev–Trinajstić information content (AvgIpc) is 2.50. The normalized spacial score (nSPS) is 27.5. The zero-order valence-corrected chi connectivity index (χ0v) is 15.3. The minimum Gasteiger partial charge on any atom is -0.360 e. The van der Waals surface area contributed by atoms with Gasteiger partial charge in [-0.2, -0.15) is 0 Å². The molecule has 0 radical (unpaired) electrons. The second-order valence-electron chi connectivity index (χ2n) is 6.75. The second-order valence-corrected chi connectivity index (χ2v) is 7.59. The Labute approximate surface area is 149 Å². The largest absolute Gasteiger partial charge is 0.360 e. The van der Waals surface area contributed by atoms with Gasteiger partial charge in [0.25, 0.3) is 0 Å². The molecule has 0 spiro atoms. The minimum atomic E-state index is 0.491. The molecule has 126 valence electrons. The molecule has 5 heteroatoms. The molecule has 0 aromatic heterocycles. The Kier molecular flexibility index (Phi) is 5.78. The van der Waals surface area contributed by atoms with E-state index in [1.807, 2.05) is 24.3 Å². The lowest BCUT2D eigenvalue weighted by Crippen LogP contribution is -2.57. The number of halogens is 1. The number of nitrogens with zero attached hydrogens (tertiary/aromatic N) is 1. The number of hydrogen-bond donors (Lipinski definition) is 2. The van der Waals surface area contributed by atoms with E-state index < -0.39 is 0 Å². The van der Waals surface area contributed by atoms with Crippen molar-refractivity contribution in [1.29, 1.82) is 0 Å². The van der Waals surface area contributed by atoms with Crippen molar-refractivity contribution in [2.45, 2.75) is 63.6 Å². The van der Waals surface area contributed by atoms with E-state index in [-0.39, 0.29) is 0 Å². The van der Waals surface area contributed by atoms with E-state index in [0.29, 0.717) is 6.04 Å². The monoisotopic (exact) mass is 351 g/mol. The van der Waals surface area contributed by atoms with Gasteiger partial charge in [0.05, 0.1) is 0 Å². The van der Waals surface area contributed by atoms with E-state index in [2.05, 4.69) is 22.5 Å². The van der Waals surface area contributed by atoms with Gasteiger partial charge in [-0.1, -0.05) is 24.9 Å². The molecule has 3 rings (SSSR count). The number of hydrogen-bond acceptors (Lipinski definition) is 2. The molecule has 2 saturated heterocycles. The van der Waals surface area contributed by atoms with Crippen molar-refractivity contribution < 1.29 is 0 Å². The topological polar surface area (TPSA) is 27.3 Å². The van der Waals surface area contributed by atoms with Crippen LogP contribution in [0.15, 0.2) is 24.3 Å². The van der Waals surface area contributed by atoms with Crippen LogP contribution in [0.2, 0.25) is 5.02 Å². The zero-order valence-electron chi connectivity index (χ0n) is 13.7. The highest BCUT2D eigenvalue weighted by molar-refractivity contribution is 7.80. The summed E-state index contributed by atoms with van der Waals surface area (Å²) in [6.45, 7) is 3.53. The fourth-order valence-corrected chi connectivity index (χ4v) is 4.52. The van der Waals surface area contributed by atoms with E-state index in [1.165, 1.54) is 45.1 Å². The van der Waals surface area contributed by atoms with Crippen LogP contribution in [0, 0.1) is 0 Å². The second kappa shape index (κ2) is 7.82. The lowest BCUT2D eigenvalue weighted by molar-refractivity contribution is 0.0284. The third kappa shape index (κ3) is 4.37. The molecule has 2 fully saturated rings. The number of rotatable bonds is 4. The quantitative estimate of drug-likeness (QED) is 0.785. The average molecular weight is 352 g/mol. The molecule has 0 saturated carbocycles. The van der Waals surface area contributed by atoms with Crippen molar-refractivity contribution in [2.75, 3.05) is 11.9 Å². The number of anilines is 1. The van der Waals surface area contributed by atoms with Crippen molar-refractivity contribution in [3.8, 4) is 0 Å². The number of fused-ring (bicyclic) bond motifs is 2. The Morgan fingerprint density at radius 3 is 2.48 bits per heavy atom. The Morgan fingerprint density at radius 2 is 1.87 bits per heavy atom. The van der Waals surface area contributed by atoms with Crippen LogP contribution in [0.4, 0.5) is 5.69 Å². The molecule has 2 unspecified atom stereocenters. The molecule has 2 aliphatic rings. The van der Waals surface area contributed by atoms with Gasteiger partial charge >= 0.3 is 0 Å². The van der Waals surface area contributed by atoms with Crippen LogP contribution in [0.3, 0.4) is 0 Å². The van der Waals surface area contributed by atoms with Gasteiger partial charge in [-0.15, -0.1) is 0 Å². The third-order valence-electron chi connectivity index (χ3n) is 5.05. The van der Waals surface area contributed by atoms with Gasteiger partial charge < -0.3 is 10.6 Å². The first-order valence-corrected chi connectivity index (χ1v) is 9.53. The predicted molar refractivity (Wildman–Crippen MR) is 102 cm³/mol. The molecule has 2 atom stereocenters. The molecule has 2 bridgehead atoms. The van der Waals surface area contributed by atoms with Gasteiger partial charge in [-0.05, 0) is 75.1 Å². The Morgan fingerprint density at radius 1 is 1.22 bits per heavy atom. The number of piperidine rings is 2. The van der Waals surface area contributed by atoms with E-state index in [4.69, 9.17) is 23.8 Å². The van der Waals surface area contributed by atoms with Crippen molar-refractivity contribution in [2.24, 2.45) is 0 Å². The van der Waals surface area contributed by atoms with Crippen LogP contribution in [0.5, 0.6) is 0 Å². The van der Waals surface area contributed by atoms with Gasteiger partial charge in [0.2, 0.25) is 0 Å². The lowest BCUT2D eigenvalue weighted by Gasteiger charge is -2.49. The van der Waals surface area contributed by atoms with E-state index in [9.17, 15) is 0 Å². The van der Waals surface area contributed by atoms with Crippen molar-refractivity contribution in [1.82, 2.24) is 10.2 Å².